The zero-order valence-electron chi connectivity index (χ0n) is 14.0. The van der Waals surface area contributed by atoms with Crippen molar-refractivity contribution < 1.29 is 32.2 Å². The first-order valence-corrected chi connectivity index (χ1v) is 7.98. The highest BCUT2D eigenvalue weighted by Crippen LogP contribution is 2.29. The number of unbranched alkanes of at least 4 members (excludes halogenated alkanes) is 1. The van der Waals surface area contributed by atoms with E-state index in [2.05, 4.69) is 0 Å². The molecule has 0 heterocycles. The van der Waals surface area contributed by atoms with Crippen molar-refractivity contribution in [3.05, 3.63) is 65.2 Å². The van der Waals surface area contributed by atoms with E-state index < -0.39 is 23.7 Å². The molecule has 2 aromatic carbocycles. The lowest BCUT2D eigenvalue weighted by Crippen LogP contribution is -2.10. The van der Waals surface area contributed by atoms with Crippen molar-refractivity contribution in [3.63, 3.8) is 0 Å². The molecule has 7 heteroatoms. The summed E-state index contributed by atoms with van der Waals surface area (Å²) in [6.45, 7) is 2.31. The minimum Gasteiger partial charge on any atom is -0.462 e. The van der Waals surface area contributed by atoms with E-state index in [4.69, 9.17) is 9.47 Å². The van der Waals surface area contributed by atoms with Gasteiger partial charge in [-0.05, 0) is 55.0 Å². The maximum Gasteiger partial charge on any atom is 0.416 e. The SMILES string of the molecule is CCCCOC(=O)c1ccc(OC(=O)c2ccc(C(F)(F)F)cc2)cc1. The van der Waals surface area contributed by atoms with Crippen molar-refractivity contribution in [2.24, 2.45) is 0 Å². The third kappa shape index (κ3) is 5.34. The molecule has 0 N–H and O–H groups in total. The van der Waals surface area contributed by atoms with Gasteiger partial charge in [0.05, 0.1) is 23.3 Å². The normalized spacial score (nSPS) is 11.1. The third-order valence-corrected chi connectivity index (χ3v) is 3.48. The number of carbonyl (C=O) groups excluding carboxylic acids is 2. The molecule has 0 saturated carbocycles. The standard InChI is InChI=1S/C19H17F3O4/c1-2-3-12-25-17(23)13-6-10-16(11-7-13)26-18(24)14-4-8-15(9-5-14)19(20,21)22/h4-11H,2-3,12H2,1H3. The molecule has 138 valence electrons. The van der Waals surface area contributed by atoms with Gasteiger partial charge in [0.2, 0.25) is 0 Å². The Morgan fingerprint density at radius 1 is 0.885 bits per heavy atom. The number of esters is 2. The van der Waals surface area contributed by atoms with Crippen LogP contribution in [0.15, 0.2) is 48.5 Å². The number of rotatable bonds is 6. The van der Waals surface area contributed by atoms with Crippen molar-refractivity contribution in [2.45, 2.75) is 25.9 Å². The molecule has 0 spiro atoms. The molecule has 0 bridgehead atoms. The molecule has 0 unspecified atom stereocenters. The van der Waals surface area contributed by atoms with Crippen LogP contribution in [0.1, 0.15) is 46.0 Å². The largest absolute Gasteiger partial charge is 0.462 e. The van der Waals surface area contributed by atoms with Crippen molar-refractivity contribution in [1.29, 1.82) is 0 Å². The van der Waals surface area contributed by atoms with Crippen LogP contribution in [0.4, 0.5) is 13.2 Å². The summed E-state index contributed by atoms with van der Waals surface area (Å²) < 4.78 is 47.7. The van der Waals surface area contributed by atoms with E-state index in [1.54, 1.807) is 0 Å². The van der Waals surface area contributed by atoms with Crippen LogP contribution in [0.3, 0.4) is 0 Å². The molecule has 0 atom stereocenters. The van der Waals surface area contributed by atoms with E-state index in [1.165, 1.54) is 24.3 Å². The quantitative estimate of drug-likeness (QED) is 0.415. The summed E-state index contributed by atoms with van der Waals surface area (Å²) in [6.07, 6.45) is -2.79. The topological polar surface area (TPSA) is 52.6 Å². The van der Waals surface area contributed by atoms with E-state index in [-0.39, 0.29) is 11.3 Å². The zero-order chi connectivity index (χ0) is 19.2. The molecule has 2 aromatic rings. The minimum atomic E-state index is -4.47. The maximum absolute atomic E-state index is 12.5. The van der Waals surface area contributed by atoms with Crippen LogP contribution >= 0.6 is 0 Å². The number of ether oxygens (including phenoxy) is 2. The second kappa shape index (κ2) is 8.51. The molecule has 0 amide bonds. The monoisotopic (exact) mass is 366 g/mol. The number of carbonyl (C=O) groups is 2. The molecule has 0 fully saturated rings. The van der Waals surface area contributed by atoms with Crippen molar-refractivity contribution in [1.82, 2.24) is 0 Å². The van der Waals surface area contributed by atoms with Crippen molar-refractivity contribution >= 4 is 11.9 Å². The van der Waals surface area contributed by atoms with Crippen LogP contribution in [-0.2, 0) is 10.9 Å². The van der Waals surface area contributed by atoms with Gasteiger partial charge in [-0.25, -0.2) is 9.59 Å². The van der Waals surface area contributed by atoms with Crippen LogP contribution < -0.4 is 4.74 Å². The van der Waals surface area contributed by atoms with Crippen LogP contribution in [0.5, 0.6) is 5.75 Å². The third-order valence-electron chi connectivity index (χ3n) is 3.48. The lowest BCUT2D eigenvalue weighted by molar-refractivity contribution is -0.137. The first kappa shape index (κ1) is 19.5. The molecule has 26 heavy (non-hydrogen) atoms. The summed E-state index contributed by atoms with van der Waals surface area (Å²) >= 11 is 0. The molecule has 0 aromatic heterocycles. The Morgan fingerprint density at radius 2 is 1.42 bits per heavy atom. The number of hydrogen-bond donors (Lipinski definition) is 0. The molecule has 2 rings (SSSR count). The van der Waals surface area contributed by atoms with Gasteiger partial charge in [0.1, 0.15) is 5.75 Å². The van der Waals surface area contributed by atoms with Crippen LogP contribution in [0, 0.1) is 0 Å². The summed E-state index contributed by atoms with van der Waals surface area (Å²) in [5, 5.41) is 0. The fraction of sp³-hybridized carbons (Fsp3) is 0.263. The Morgan fingerprint density at radius 3 is 1.96 bits per heavy atom. The molecular weight excluding hydrogens is 349 g/mol. The summed E-state index contributed by atoms with van der Waals surface area (Å²) in [6, 6.07) is 9.44. The molecule has 0 aliphatic carbocycles. The Balaban J connectivity index is 1.98. The van der Waals surface area contributed by atoms with Gasteiger partial charge in [0.25, 0.3) is 0 Å². The highest BCUT2D eigenvalue weighted by atomic mass is 19.4. The maximum atomic E-state index is 12.5. The molecule has 0 saturated heterocycles. The van der Waals surface area contributed by atoms with E-state index >= 15 is 0 Å². The van der Waals surface area contributed by atoms with Crippen molar-refractivity contribution in [2.75, 3.05) is 6.61 Å². The Hall–Kier alpha value is -2.83. The van der Waals surface area contributed by atoms with Crippen molar-refractivity contribution in [3.8, 4) is 5.75 Å². The van der Waals surface area contributed by atoms with Gasteiger partial charge in [-0.2, -0.15) is 13.2 Å². The molecule has 0 aliphatic heterocycles. The summed E-state index contributed by atoms with van der Waals surface area (Å²) in [4.78, 5) is 23.7. The van der Waals surface area contributed by atoms with E-state index in [0.29, 0.717) is 12.2 Å². The number of alkyl halides is 3. The van der Waals surface area contributed by atoms with Gasteiger partial charge < -0.3 is 9.47 Å². The van der Waals surface area contributed by atoms with Crippen LogP contribution in [0.2, 0.25) is 0 Å². The van der Waals surface area contributed by atoms with Gasteiger partial charge in [-0.1, -0.05) is 13.3 Å². The summed E-state index contributed by atoms with van der Waals surface area (Å²) in [5.74, 6) is -1.10. The minimum absolute atomic E-state index is 0.0129. The fourth-order valence-electron chi connectivity index (χ4n) is 2.01. The Kier molecular flexibility index (Phi) is 6.38. The summed E-state index contributed by atoms with van der Waals surface area (Å²) in [5.41, 5.74) is -0.545. The second-order valence-electron chi connectivity index (χ2n) is 5.48. The molecular formula is C19H17F3O4. The predicted octanol–water partition coefficient (Wildman–Crippen LogP) is 4.88. The van der Waals surface area contributed by atoms with Gasteiger partial charge in [-0.3, -0.25) is 0 Å². The first-order chi connectivity index (χ1) is 12.3. The second-order valence-corrected chi connectivity index (χ2v) is 5.48. The zero-order valence-corrected chi connectivity index (χ0v) is 14.0. The lowest BCUT2D eigenvalue weighted by Gasteiger charge is -2.08. The van der Waals surface area contributed by atoms with E-state index in [9.17, 15) is 22.8 Å². The molecule has 4 nitrogen and oxygen atoms in total. The van der Waals surface area contributed by atoms with Gasteiger partial charge in [0, 0.05) is 0 Å². The smallest absolute Gasteiger partial charge is 0.416 e. The van der Waals surface area contributed by atoms with Gasteiger partial charge in [0.15, 0.2) is 0 Å². The highest BCUT2D eigenvalue weighted by molar-refractivity contribution is 5.92. The predicted molar refractivity (Wildman–Crippen MR) is 88.0 cm³/mol. The summed E-state index contributed by atoms with van der Waals surface area (Å²) in [7, 11) is 0. The van der Waals surface area contributed by atoms with E-state index in [0.717, 1.165) is 37.1 Å². The molecule has 0 aliphatic rings. The van der Waals surface area contributed by atoms with Crippen LogP contribution in [0.25, 0.3) is 0 Å². The number of benzene rings is 2. The van der Waals surface area contributed by atoms with Gasteiger partial charge >= 0.3 is 18.1 Å². The average molecular weight is 366 g/mol. The first-order valence-electron chi connectivity index (χ1n) is 7.98. The molecule has 0 radical (unpaired) electrons. The number of halogens is 3. The Labute approximate surface area is 148 Å². The highest BCUT2D eigenvalue weighted by Gasteiger charge is 2.30. The van der Waals surface area contributed by atoms with Crippen LogP contribution in [-0.4, -0.2) is 18.5 Å². The van der Waals surface area contributed by atoms with Gasteiger partial charge in [-0.15, -0.1) is 0 Å². The Bertz CT molecular complexity index is 750. The number of hydrogen-bond acceptors (Lipinski definition) is 4. The lowest BCUT2D eigenvalue weighted by atomic mass is 10.1. The fourth-order valence-corrected chi connectivity index (χ4v) is 2.01. The average Bonchev–Trinajstić information content (AvgIpc) is 2.62. The van der Waals surface area contributed by atoms with E-state index in [1.807, 2.05) is 6.92 Å².